The lowest BCUT2D eigenvalue weighted by molar-refractivity contribution is 0.606. The zero-order valence-electron chi connectivity index (χ0n) is 13.4. The van der Waals surface area contributed by atoms with Crippen molar-refractivity contribution >= 4 is 5.96 Å². The van der Waals surface area contributed by atoms with Crippen molar-refractivity contribution in [3.05, 3.63) is 35.6 Å². The molecule has 3 rings (SSSR count). The van der Waals surface area contributed by atoms with Crippen LogP contribution in [0.2, 0.25) is 0 Å². The highest BCUT2D eigenvalue weighted by Gasteiger charge is 2.44. The minimum Gasteiger partial charge on any atom is -0.357 e. The first kappa shape index (κ1) is 15.3. The van der Waals surface area contributed by atoms with E-state index in [1.165, 1.54) is 31.2 Å². The van der Waals surface area contributed by atoms with Crippen molar-refractivity contribution in [1.82, 2.24) is 10.6 Å². The Bertz CT molecular complexity index is 514. The number of halogens is 1. The van der Waals surface area contributed by atoms with E-state index in [0.717, 1.165) is 31.9 Å². The maximum atomic E-state index is 13.1. The summed E-state index contributed by atoms with van der Waals surface area (Å²) in [6, 6.07) is 7.51. The molecule has 0 unspecified atom stereocenters. The lowest BCUT2D eigenvalue weighted by Gasteiger charge is -2.19. The van der Waals surface area contributed by atoms with Gasteiger partial charge in [0, 0.05) is 18.0 Å². The fraction of sp³-hybridized carbons (Fsp3) is 0.611. The van der Waals surface area contributed by atoms with Crippen LogP contribution < -0.4 is 10.6 Å². The van der Waals surface area contributed by atoms with Crippen LogP contribution in [0.5, 0.6) is 0 Å². The van der Waals surface area contributed by atoms with Gasteiger partial charge in [0.15, 0.2) is 5.96 Å². The highest BCUT2D eigenvalue weighted by atomic mass is 19.1. The molecule has 2 saturated carbocycles. The van der Waals surface area contributed by atoms with Gasteiger partial charge < -0.3 is 10.6 Å². The molecule has 2 aliphatic carbocycles. The Morgan fingerprint density at radius 3 is 2.50 bits per heavy atom. The van der Waals surface area contributed by atoms with E-state index in [9.17, 15) is 4.39 Å². The predicted octanol–water partition coefficient (Wildman–Crippen LogP) is 3.36. The van der Waals surface area contributed by atoms with Gasteiger partial charge in [-0.1, -0.05) is 25.0 Å². The molecule has 22 heavy (non-hydrogen) atoms. The second-order valence-electron chi connectivity index (χ2n) is 6.61. The van der Waals surface area contributed by atoms with Crippen molar-refractivity contribution in [2.75, 3.05) is 13.1 Å². The Kier molecular flexibility index (Phi) is 4.65. The molecule has 0 radical (unpaired) electrons. The molecule has 0 saturated heterocycles. The smallest absolute Gasteiger partial charge is 0.191 e. The Morgan fingerprint density at radius 1 is 1.23 bits per heavy atom. The van der Waals surface area contributed by atoms with Gasteiger partial charge in [0.2, 0.25) is 0 Å². The van der Waals surface area contributed by atoms with Gasteiger partial charge in [-0.3, -0.25) is 4.99 Å². The number of benzene rings is 1. The topological polar surface area (TPSA) is 36.4 Å². The Labute approximate surface area is 132 Å². The van der Waals surface area contributed by atoms with Crippen LogP contribution >= 0.6 is 0 Å². The summed E-state index contributed by atoms with van der Waals surface area (Å²) in [6.07, 6.45) is 7.41. The van der Waals surface area contributed by atoms with Crippen molar-refractivity contribution in [2.24, 2.45) is 4.99 Å². The lowest BCUT2D eigenvalue weighted by Crippen LogP contribution is -2.42. The zero-order valence-corrected chi connectivity index (χ0v) is 13.4. The third kappa shape index (κ3) is 3.60. The number of hydrogen-bond donors (Lipinski definition) is 2. The highest BCUT2D eigenvalue weighted by Crippen LogP contribution is 2.48. The molecule has 120 valence electrons. The van der Waals surface area contributed by atoms with Crippen LogP contribution in [0.15, 0.2) is 29.3 Å². The number of nitrogens with one attached hydrogen (secondary N) is 2. The largest absolute Gasteiger partial charge is 0.357 e. The van der Waals surface area contributed by atoms with Gasteiger partial charge in [0.05, 0.1) is 6.54 Å². The number of rotatable bonds is 5. The highest BCUT2D eigenvalue weighted by molar-refractivity contribution is 5.80. The fourth-order valence-corrected chi connectivity index (χ4v) is 3.31. The molecule has 4 heteroatoms. The van der Waals surface area contributed by atoms with E-state index in [0.29, 0.717) is 6.04 Å². The molecular weight excluding hydrogens is 277 g/mol. The summed E-state index contributed by atoms with van der Waals surface area (Å²) in [7, 11) is 0. The predicted molar refractivity (Wildman–Crippen MR) is 88.7 cm³/mol. The Hall–Kier alpha value is -1.58. The first-order valence-electron chi connectivity index (χ1n) is 8.53. The van der Waals surface area contributed by atoms with Crippen molar-refractivity contribution in [1.29, 1.82) is 0 Å². The van der Waals surface area contributed by atoms with E-state index >= 15 is 0 Å². The van der Waals surface area contributed by atoms with Crippen LogP contribution in [0.4, 0.5) is 4.39 Å². The van der Waals surface area contributed by atoms with Gasteiger partial charge in [-0.25, -0.2) is 4.39 Å². The van der Waals surface area contributed by atoms with Crippen molar-refractivity contribution in [3.63, 3.8) is 0 Å². The molecule has 3 nitrogen and oxygen atoms in total. The lowest BCUT2D eigenvalue weighted by atomic mass is 9.96. The zero-order chi connectivity index (χ0) is 15.4. The van der Waals surface area contributed by atoms with Gasteiger partial charge in [-0.2, -0.15) is 0 Å². The van der Waals surface area contributed by atoms with Gasteiger partial charge in [0.25, 0.3) is 0 Å². The Morgan fingerprint density at radius 2 is 1.91 bits per heavy atom. The third-order valence-electron chi connectivity index (χ3n) is 4.89. The van der Waals surface area contributed by atoms with Crippen molar-refractivity contribution in [2.45, 2.75) is 56.9 Å². The van der Waals surface area contributed by atoms with Gasteiger partial charge in [0.1, 0.15) is 5.82 Å². The summed E-state index contributed by atoms with van der Waals surface area (Å²) in [6.45, 7) is 3.75. The maximum absolute atomic E-state index is 13.1. The molecule has 1 aromatic carbocycles. The van der Waals surface area contributed by atoms with E-state index in [1.54, 1.807) is 12.1 Å². The number of hydrogen-bond acceptors (Lipinski definition) is 1. The molecular formula is C18H26FN3. The molecule has 1 aromatic rings. The molecule has 0 amide bonds. The van der Waals surface area contributed by atoms with Crippen molar-refractivity contribution in [3.8, 4) is 0 Å². The SMILES string of the molecule is CCNC(=NCC1(c2ccc(F)cc2)CC1)NC1CCCC1. The van der Waals surface area contributed by atoms with Gasteiger partial charge in [-0.15, -0.1) is 0 Å². The number of guanidine groups is 1. The molecule has 0 bridgehead atoms. The summed E-state index contributed by atoms with van der Waals surface area (Å²) in [5, 5.41) is 6.91. The molecule has 0 aromatic heterocycles. The summed E-state index contributed by atoms with van der Waals surface area (Å²) < 4.78 is 13.1. The van der Waals surface area contributed by atoms with E-state index in [4.69, 9.17) is 4.99 Å². The molecule has 2 fully saturated rings. The van der Waals surface area contributed by atoms with Crippen molar-refractivity contribution < 1.29 is 4.39 Å². The van der Waals surface area contributed by atoms with Gasteiger partial charge in [-0.05, 0) is 50.3 Å². The average molecular weight is 303 g/mol. The Balaban J connectivity index is 1.65. The fourth-order valence-electron chi connectivity index (χ4n) is 3.31. The minimum atomic E-state index is -0.167. The molecule has 0 heterocycles. The third-order valence-corrected chi connectivity index (χ3v) is 4.89. The average Bonchev–Trinajstić information content (AvgIpc) is 3.14. The minimum absolute atomic E-state index is 0.131. The molecule has 0 spiro atoms. The number of nitrogens with zero attached hydrogens (tertiary/aromatic N) is 1. The summed E-state index contributed by atoms with van der Waals surface area (Å²) >= 11 is 0. The van der Waals surface area contributed by atoms with Crippen LogP contribution in [0, 0.1) is 5.82 Å². The maximum Gasteiger partial charge on any atom is 0.191 e. The quantitative estimate of drug-likeness (QED) is 0.646. The van der Waals surface area contributed by atoms with Crippen LogP contribution in [0.3, 0.4) is 0 Å². The normalized spacial score (nSPS) is 20.9. The van der Waals surface area contributed by atoms with E-state index < -0.39 is 0 Å². The molecule has 0 atom stereocenters. The first-order chi connectivity index (χ1) is 10.7. The summed E-state index contributed by atoms with van der Waals surface area (Å²) in [5.74, 6) is 0.766. The molecule has 2 aliphatic rings. The van der Waals surface area contributed by atoms with Crippen LogP contribution in [0.25, 0.3) is 0 Å². The van der Waals surface area contributed by atoms with Gasteiger partial charge >= 0.3 is 0 Å². The van der Waals surface area contributed by atoms with E-state index in [-0.39, 0.29) is 11.2 Å². The first-order valence-corrected chi connectivity index (χ1v) is 8.53. The number of aliphatic imine (C=N–C) groups is 1. The van der Waals surface area contributed by atoms with E-state index in [1.807, 2.05) is 12.1 Å². The van der Waals surface area contributed by atoms with Crippen LogP contribution in [0.1, 0.15) is 51.0 Å². The molecule has 0 aliphatic heterocycles. The second-order valence-corrected chi connectivity index (χ2v) is 6.61. The summed E-state index contributed by atoms with van der Waals surface area (Å²) in [4.78, 5) is 4.81. The van der Waals surface area contributed by atoms with E-state index in [2.05, 4.69) is 17.6 Å². The summed E-state index contributed by atoms with van der Waals surface area (Å²) in [5.41, 5.74) is 1.35. The molecule has 2 N–H and O–H groups in total. The van der Waals surface area contributed by atoms with Crippen LogP contribution in [-0.2, 0) is 5.41 Å². The van der Waals surface area contributed by atoms with Crippen LogP contribution in [-0.4, -0.2) is 25.1 Å². The monoisotopic (exact) mass is 303 g/mol. The standard InChI is InChI=1S/C18H26FN3/c1-2-20-17(22-16-5-3-4-6-16)21-13-18(11-12-18)14-7-9-15(19)10-8-14/h7-10,16H,2-6,11-13H2,1H3,(H2,20,21,22). The second kappa shape index (κ2) is 6.67.